The highest BCUT2D eigenvalue weighted by molar-refractivity contribution is 6.30. The molecular formula is C14H17ClO3. The number of rotatable bonds is 4. The van der Waals surface area contributed by atoms with E-state index in [4.69, 9.17) is 21.1 Å². The molecule has 0 aromatic heterocycles. The van der Waals surface area contributed by atoms with Crippen molar-refractivity contribution in [2.24, 2.45) is 5.92 Å². The Kier molecular flexibility index (Phi) is 4.38. The summed E-state index contributed by atoms with van der Waals surface area (Å²) in [5.41, 5.74) is 1.84. The Hall–Kier alpha value is -0.900. The smallest absolute Gasteiger partial charge is 0.166 e. The van der Waals surface area contributed by atoms with Gasteiger partial charge in [-0.1, -0.05) is 11.6 Å². The fourth-order valence-electron chi connectivity index (χ4n) is 2.44. The van der Waals surface area contributed by atoms with Gasteiger partial charge < -0.3 is 9.47 Å². The van der Waals surface area contributed by atoms with E-state index in [0.717, 1.165) is 24.0 Å². The monoisotopic (exact) mass is 268 g/mol. The maximum absolute atomic E-state index is 12.3. The first-order valence-electron chi connectivity index (χ1n) is 6.04. The molecule has 1 atom stereocenters. The third kappa shape index (κ3) is 2.74. The number of hydrogen-bond donors (Lipinski definition) is 0. The molecule has 0 aliphatic heterocycles. The Bertz CT molecular complexity index is 441. The number of methoxy groups -OCH3 is 2. The van der Waals surface area contributed by atoms with Crippen LogP contribution < -0.4 is 0 Å². The first kappa shape index (κ1) is 13.5. The van der Waals surface area contributed by atoms with E-state index in [1.165, 1.54) is 0 Å². The molecule has 4 heteroatoms. The average molecular weight is 269 g/mol. The van der Waals surface area contributed by atoms with Gasteiger partial charge in [-0.3, -0.25) is 4.79 Å². The average Bonchev–Trinajstić information content (AvgIpc) is 2.38. The van der Waals surface area contributed by atoms with Gasteiger partial charge in [-0.25, -0.2) is 0 Å². The van der Waals surface area contributed by atoms with Crippen molar-refractivity contribution >= 4 is 17.4 Å². The van der Waals surface area contributed by atoms with Gasteiger partial charge in [0, 0.05) is 37.1 Å². The second kappa shape index (κ2) is 5.83. The largest absolute Gasteiger partial charge is 0.356 e. The zero-order valence-corrected chi connectivity index (χ0v) is 11.4. The summed E-state index contributed by atoms with van der Waals surface area (Å²) < 4.78 is 10.3. The predicted molar refractivity (Wildman–Crippen MR) is 70.0 cm³/mol. The fraction of sp³-hybridized carbons (Fsp3) is 0.500. The van der Waals surface area contributed by atoms with Crippen LogP contribution in [0.15, 0.2) is 18.2 Å². The van der Waals surface area contributed by atoms with Gasteiger partial charge in [-0.2, -0.15) is 0 Å². The van der Waals surface area contributed by atoms with Crippen molar-refractivity contribution in [1.82, 2.24) is 0 Å². The van der Waals surface area contributed by atoms with Gasteiger partial charge in [-0.05, 0) is 36.6 Å². The molecule has 18 heavy (non-hydrogen) atoms. The number of ketones is 1. The number of halogens is 1. The molecule has 1 aliphatic rings. The van der Waals surface area contributed by atoms with Gasteiger partial charge >= 0.3 is 0 Å². The molecule has 3 nitrogen and oxygen atoms in total. The minimum Gasteiger partial charge on any atom is -0.356 e. The van der Waals surface area contributed by atoms with Gasteiger partial charge in [0.05, 0.1) is 0 Å². The number of hydrogen-bond acceptors (Lipinski definition) is 3. The third-order valence-corrected chi connectivity index (χ3v) is 3.70. The minimum absolute atomic E-state index is 0.0245. The van der Waals surface area contributed by atoms with Crippen molar-refractivity contribution in [2.45, 2.75) is 25.6 Å². The highest BCUT2D eigenvalue weighted by Crippen LogP contribution is 2.30. The number of ether oxygens (including phenoxy) is 2. The van der Waals surface area contributed by atoms with E-state index < -0.39 is 0 Å². The molecule has 1 aromatic carbocycles. The summed E-state index contributed by atoms with van der Waals surface area (Å²) in [6.07, 6.45) is 2.00. The Morgan fingerprint density at radius 2 is 2.11 bits per heavy atom. The molecule has 0 heterocycles. The Labute approximate surface area is 112 Å². The lowest BCUT2D eigenvalue weighted by molar-refractivity contribution is -0.112. The van der Waals surface area contributed by atoms with Gasteiger partial charge in [-0.15, -0.1) is 0 Å². The molecule has 0 radical (unpaired) electrons. The molecule has 0 spiro atoms. The van der Waals surface area contributed by atoms with Gasteiger partial charge in [0.25, 0.3) is 0 Å². The van der Waals surface area contributed by atoms with Crippen LogP contribution in [0.2, 0.25) is 5.02 Å². The van der Waals surface area contributed by atoms with Crippen LogP contribution in [0.25, 0.3) is 0 Å². The summed E-state index contributed by atoms with van der Waals surface area (Å²) in [6.45, 7) is 0. The van der Waals surface area contributed by atoms with Crippen LogP contribution in [0.4, 0.5) is 0 Å². The van der Waals surface area contributed by atoms with E-state index in [-0.39, 0.29) is 18.0 Å². The van der Waals surface area contributed by atoms with Crippen molar-refractivity contribution in [1.29, 1.82) is 0 Å². The minimum atomic E-state index is -0.312. The number of carbonyl (C=O) groups is 1. The topological polar surface area (TPSA) is 35.5 Å². The maximum Gasteiger partial charge on any atom is 0.166 e. The molecule has 1 unspecified atom stereocenters. The Morgan fingerprint density at radius 3 is 2.78 bits per heavy atom. The van der Waals surface area contributed by atoms with Crippen LogP contribution >= 0.6 is 11.6 Å². The first-order valence-corrected chi connectivity index (χ1v) is 6.41. The van der Waals surface area contributed by atoms with Crippen LogP contribution in [-0.4, -0.2) is 26.3 Å². The van der Waals surface area contributed by atoms with Crippen LogP contribution in [-0.2, 0) is 15.9 Å². The van der Waals surface area contributed by atoms with Crippen LogP contribution in [0.5, 0.6) is 0 Å². The molecular weight excluding hydrogens is 252 g/mol. The van der Waals surface area contributed by atoms with Crippen LogP contribution in [0.3, 0.4) is 0 Å². The van der Waals surface area contributed by atoms with Crippen molar-refractivity contribution in [3.05, 3.63) is 34.3 Å². The summed E-state index contributed by atoms with van der Waals surface area (Å²) in [6, 6.07) is 5.47. The zero-order chi connectivity index (χ0) is 13.1. The zero-order valence-electron chi connectivity index (χ0n) is 10.6. The van der Waals surface area contributed by atoms with Crippen LogP contribution in [0, 0.1) is 5.92 Å². The number of fused-ring (bicyclic) bond motifs is 1. The van der Waals surface area contributed by atoms with E-state index in [0.29, 0.717) is 11.4 Å². The van der Waals surface area contributed by atoms with E-state index in [1.54, 1.807) is 20.3 Å². The summed E-state index contributed by atoms with van der Waals surface area (Å²) in [5.74, 6) is 0.149. The van der Waals surface area contributed by atoms with E-state index in [2.05, 4.69) is 0 Å². The maximum atomic E-state index is 12.3. The highest BCUT2D eigenvalue weighted by atomic mass is 35.5. The summed E-state index contributed by atoms with van der Waals surface area (Å²) in [5, 5.41) is 0.687. The number of benzene rings is 1. The summed E-state index contributed by atoms with van der Waals surface area (Å²) in [7, 11) is 3.18. The van der Waals surface area contributed by atoms with Crippen molar-refractivity contribution in [3.8, 4) is 0 Å². The lowest BCUT2D eigenvalue weighted by atomic mass is 9.81. The number of aryl methyl sites for hydroxylation is 1. The molecule has 0 saturated carbocycles. The lowest BCUT2D eigenvalue weighted by Gasteiger charge is -2.26. The first-order chi connectivity index (χ1) is 8.65. The van der Waals surface area contributed by atoms with Crippen molar-refractivity contribution in [3.63, 3.8) is 0 Å². The normalized spacial score (nSPS) is 19.1. The molecule has 0 amide bonds. The summed E-state index contributed by atoms with van der Waals surface area (Å²) in [4.78, 5) is 12.3. The standard InChI is InChI=1S/C14H17ClO3/c1-17-13(18-2)8-10-4-3-9-7-11(15)5-6-12(9)14(10)16/h5-7,10,13H,3-4,8H2,1-2H3. The van der Waals surface area contributed by atoms with Gasteiger partial charge in [0.1, 0.15) is 0 Å². The molecule has 2 rings (SSSR count). The van der Waals surface area contributed by atoms with Gasteiger partial charge in [0.2, 0.25) is 0 Å². The van der Waals surface area contributed by atoms with E-state index in [1.807, 2.05) is 12.1 Å². The molecule has 98 valence electrons. The molecule has 0 bridgehead atoms. The quantitative estimate of drug-likeness (QED) is 0.787. The number of Topliss-reactive ketones (excluding diaryl/α,β-unsaturated/α-hetero) is 1. The fourth-order valence-corrected chi connectivity index (χ4v) is 2.63. The second-order valence-corrected chi connectivity index (χ2v) is 4.97. The third-order valence-electron chi connectivity index (χ3n) is 3.47. The molecule has 1 aromatic rings. The molecule has 0 N–H and O–H groups in total. The summed E-state index contributed by atoms with van der Waals surface area (Å²) >= 11 is 5.94. The Morgan fingerprint density at radius 1 is 1.39 bits per heavy atom. The van der Waals surface area contributed by atoms with Crippen molar-refractivity contribution in [2.75, 3.05) is 14.2 Å². The second-order valence-electron chi connectivity index (χ2n) is 4.54. The molecule has 1 aliphatic carbocycles. The predicted octanol–water partition coefficient (Wildman–Crippen LogP) is 3.09. The van der Waals surface area contributed by atoms with Gasteiger partial charge in [0.15, 0.2) is 12.1 Å². The molecule has 0 fully saturated rings. The van der Waals surface area contributed by atoms with E-state index in [9.17, 15) is 4.79 Å². The molecule has 0 saturated heterocycles. The van der Waals surface area contributed by atoms with Crippen LogP contribution in [0.1, 0.15) is 28.8 Å². The highest BCUT2D eigenvalue weighted by Gasteiger charge is 2.29. The number of carbonyl (C=O) groups excluding carboxylic acids is 1. The van der Waals surface area contributed by atoms with Crippen molar-refractivity contribution < 1.29 is 14.3 Å². The lowest BCUT2D eigenvalue weighted by Crippen LogP contribution is -2.28. The van der Waals surface area contributed by atoms with E-state index >= 15 is 0 Å². The Balaban J connectivity index is 2.15. The SMILES string of the molecule is COC(CC1CCc2cc(Cl)ccc2C1=O)OC.